The molecule has 7 heteroatoms. The number of benzene rings is 3. The lowest BCUT2D eigenvalue weighted by molar-refractivity contribution is -0.141. The van der Waals surface area contributed by atoms with E-state index in [4.69, 9.17) is 16.3 Å². The van der Waals surface area contributed by atoms with Crippen molar-refractivity contribution in [1.82, 2.24) is 15.1 Å². The molecule has 1 N–H and O–H groups in total. The number of amides is 2. The van der Waals surface area contributed by atoms with Crippen molar-refractivity contribution >= 4 is 23.4 Å². The lowest BCUT2D eigenvalue weighted by atomic mass is 10.0. The molecule has 1 unspecified atom stereocenters. The van der Waals surface area contributed by atoms with Crippen LogP contribution in [0.4, 0.5) is 0 Å². The van der Waals surface area contributed by atoms with E-state index in [-0.39, 0.29) is 18.2 Å². The summed E-state index contributed by atoms with van der Waals surface area (Å²) in [7, 11) is 0. The highest BCUT2D eigenvalue weighted by atomic mass is 35.5. The number of ether oxygens (including phenoxy) is 1. The minimum absolute atomic E-state index is 0.117. The van der Waals surface area contributed by atoms with Crippen LogP contribution in [0.25, 0.3) is 0 Å². The summed E-state index contributed by atoms with van der Waals surface area (Å²) in [5.41, 5.74) is 2.59. The van der Waals surface area contributed by atoms with E-state index in [2.05, 4.69) is 10.2 Å². The summed E-state index contributed by atoms with van der Waals surface area (Å²) in [5, 5.41) is 3.71. The van der Waals surface area contributed by atoms with E-state index in [0.717, 1.165) is 36.3 Å². The van der Waals surface area contributed by atoms with Crippen LogP contribution in [-0.4, -0.2) is 61.0 Å². The summed E-state index contributed by atoms with van der Waals surface area (Å²) in [5.74, 6) is -0.307. The van der Waals surface area contributed by atoms with Crippen molar-refractivity contribution in [1.29, 1.82) is 0 Å². The van der Waals surface area contributed by atoms with E-state index < -0.39 is 6.04 Å². The fourth-order valence-electron chi connectivity index (χ4n) is 4.35. The van der Waals surface area contributed by atoms with Crippen LogP contribution in [-0.2, 0) is 27.3 Å². The van der Waals surface area contributed by atoms with Crippen LogP contribution in [0.5, 0.6) is 0 Å². The normalized spacial score (nSPS) is 14.7. The van der Waals surface area contributed by atoms with Crippen molar-refractivity contribution in [2.45, 2.75) is 19.0 Å². The molecule has 0 saturated carbocycles. The van der Waals surface area contributed by atoms with Crippen LogP contribution in [0.1, 0.15) is 22.7 Å². The Morgan fingerprint density at radius 1 is 0.889 bits per heavy atom. The van der Waals surface area contributed by atoms with Gasteiger partial charge in [0.2, 0.25) is 11.8 Å². The zero-order valence-electron chi connectivity index (χ0n) is 20.3. The van der Waals surface area contributed by atoms with Gasteiger partial charge in [0.1, 0.15) is 6.04 Å². The van der Waals surface area contributed by atoms with E-state index in [1.165, 1.54) is 0 Å². The molecule has 1 saturated heterocycles. The van der Waals surface area contributed by atoms with Crippen molar-refractivity contribution in [3.05, 3.63) is 107 Å². The summed E-state index contributed by atoms with van der Waals surface area (Å²) in [6, 6.07) is 25.7. The van der Waals surface area contributed by atoms with Gasteiger partial charge in [-0.15, -0.1) is 0 Å². The lowest BCUT2D eigenvalue weighted by Crippen LogP contribution is -2.46. The number of hydrogen-bond donors (Lipinski definition) is 1. The molecule has 4 rings (SSSR count). The summed E-state index contributed by atoms with van der Waals surface area (Å²) in [6.45, 7) is 4.67. The average molecular weight is 506 g/mol. The van der Waals surface area contributed by atoms with Gasteiger partial charge in [0, 0.05) is 37.7 Å². The molecular formula is C29H32ClN3O3. The number of carbonyl (C=O) groups excluding carboxylic acids is 2. The Labute approximate surface area is 217 Å². The molecule has 0 bridgehead atoms. The number of nitrogens with one attached hydrogen (secondary N) is 1. The quantitative estimate of drug-likeness (QED) is 0.450. The number of hydrogen-bond acceptors (Lipinski definition) is 4. The summed E-state index contributed by atoms with van der Waals surface area (Å²) < 4.78 is 5.41. The van der Waals surface area contributed by atoms with Crippen LogP contribution in [0.3, 0.4) is 0 Å². The van der Waals surface area contributed by atoms with Crippen molar-refractivity contribution < 1.29 is 14.3 Å². The van der Waals surface area contributed by atoms with Crippen LogP contribution in [0, 0.1) is 0 Å². The Morgan fingerprint density at radius 2 is 1.53 bits per heavy atom. The molecule has 0 spiro atoms. The van der Waals surface area contributed by atoms with Gasteiger partial charge < -0.3 is 15.0 Å². The molecule has 1 atom stereocenters. The zero-order valence-corrected chi connectivity index (χ0v) is 21.1. The molecule has 1 aliphatic heterocycles. The van der Waals surface area contributed by atoms with Crippen LogP contribution in [0.15, 0.2) is 84.9 Å². The van der Waals surface area contributed by atoms with Crippen molar-refractivity contribution in [2.75, 3.05) is 39.4 Å². The minimum atomic E-state index is -0.761. The van der Waals surface area contributed by atoms with Crippen molar-refractivity contribution in [3.63, 3.8) is 0 Å². The number of rotatable bonds is 10. The first-order valence-corrected chi connectivity index (χ1v) is 12.7. The first-order valence-electron chi connectivity index (χ1n) is 12.3. The third-order valence-corrected chi connectivity index (χ3v) is 6.54. The highest BCUT2D eigenvalue weighted by Gasteiger charge is 2.31. The van der Waals surface area contributed by atoms with E-state index in [1.807, 2.05) is 72.8 Å². The molecule has 3 aromatic carbocycles. The van der Waals surface area contributed by atoms with E-state index in [0.29, 0.717) is 31.3 Å². The van der Waals surface area contributed by atoms with E-state index in [9.17, 15) is 9.59 Å². The number of carbonyl (C=O) groups is 2. The van der Waals surface area contributed by atoms with Crippen LogP contribution in [0.2, 0.25) is 5.02 Å². The molecule has 0 radical (unpaired) electrons. The predicted octanol–water partition coefficient (Wildman–Crippen LogP) is 4.10. The second-order valence-corrected chi connectivity index (χ2v) is 9.31. The monoisotopic (exact) mass is 505 g/mol. The fraction of sp³-hybridized carbons (Fsp3) is 0.310. The van der Waals surface area contributed by atoms with E-state index >= 15 is 0 Å². The maximum absolute atomic E-state index is 13.7. The molecule has 36 heavy (non-hydrogen) atoms. The molecule has 1 heterocycles. The van der Waals surface area contributed by atoms with E-state index in [1.54, 1.807) is 17.0 Å². The summed E-state index contributed by atoms with van der Waals surface area (Å²) in [4.78, 5) is 31.3. The number of nitrogens with zero attached hydrogens (tertiary/aromatic N) is 2. The molecule has 2 amide bonds. The van der Waals surface area contributed by atoms with Gasteiger partial charge in [-0.3, -0.25) is 14.5 Å². The maximum atomic E-state index is 13.7. The average Bonchev–Trinajstić information content (AvgIpc) is 2.91. The van der Waals surface area contributed by atoms with Crippen molar-refractivity contribution in [2.24, 2.45) is 0 Å². The highest BCUT2D eigenvalue weighted by molar-refractivity contribution is 6.30. The van der Waals surface area contributed by atoms with Gasteiger partial charge in [0.05, 0.1) is 19.6 Å². The fourth-order valence-corrected chi connectivity index (χ4v) is 4.47. The smallest absolute Gasteiger partial charge is 0.247 e. The second kappa shape index (κ2) is 13.2. The number of morpholine rings is 1. The minimum Gasteiger partial charge on any atom is -0.379 e. The first kappa shape index (κ1) is 25.9. The van der Waals surface area contributed by atoms with Crippen molar-refractivity contribution in [3.8, 4) is 0 Å². The third kappa shape index (κ3) is 7.40. The van der Waals surface area contributed by atoms with Gasteiger partial charge >= 0.3 is 0 Å². The van der Waals surface area contributed by atoms with Crippen LogP contribution >= 0.6 is 11.6 Å². The number of halogens is 1. The molecular weight excluding hydrogens is 474 g/mol. The van der Waals surface area contributed by atoms with Crippen LogP contribution < -0.4 is 5.32 Å². The van der Waals surface area contributed by atoms with Gasteiger partial charge in [-0.1, -0.05) is 84.4 Å². The summed E-state index contributed by atoms with van der Waals surface area (Å²) >= 11 is 6.09. The standard InChI is InChI=1S/C29H32ClN3O3/c30-26-13-11-24(12-14-26)22-33(27(34)21-23-7-3-1-4-8-23)28(25-9-5-2-6-10-25)29(35)31-15-16-32-17-19-36-20-18-32/h1-14,28H,15-22H2,(H,31,35). The molecule has 1 fully saturated rings. The molecule has 3 aromatic rings. The lowest BCUT2D eigenvalue weighted by Gasteiger charge is -2.32. The SMILES string of the molecule is O=C(NCCN1CCOCC1)C(c1ccccc1)N(Cc1ccc(Cl)cc1)C(=O)Cc1ccccc1. The third-order valence-electron chi connectivity index (χ3n) is 6.29. The molecule has 188 valence electrons. The molecule has 0 aliphatic carbocycles. The Kier molecular flexibility index (Phi) is 9.50. The Hall–Kier alpha value is -3.19. The summed E-state index contributed by atoms with van der Waals surface area (Å²) in [6.07, 6.45) is 0.207. The predicted molar refractivity (Wildman–Crippen MR) is 142 cm³/mol. The Balaban J connectivity index is 1.58. The molecule has 6 nitrogen and oxygen atoms in total. The second-order valence-electron chi connectivity index (χ2n) is 8.87. The first-order chi connectivity index (χ1) is 17.6. The van der Waals surface area contributed by atoms with Gasteiger partial charge in [-0.05, 0) is 28.8 Å². The Bertz CT molecular complexity index is 1100. The molecule has 1 aliphatic rings. The zero-order chi connectivity index (χ0) is 25.2. The van der Waals surface area contributed by atoms with Gasteiger partial charge in [0.15, 0.2) is 0 Å². The van der Waals surface area contributed by atoms with Gasteiger partial charge in [-0.25, -0.2) is 0 Å². The largest absolute Gasteiger partial charge is 0.379 e. The molecule has 0 aromatic heterocycles. The maximum Gasteiger partial charge on any atom is 0.247 e. The highest BCUT2D eigenvalue weighted by Crippen LogP contribution is 2.25. The van der Waals surface area contributed by atoms with Gasteiger partial charge in [0.25, 0.3) is 0 Å². The van der Waals surface area contributed by atoms with Gasteiger partial charge in [-0.2, -0.15) is 0 Å². The Morgan fingerprint density at radius 3 is 2.19 bits per heavy atom. The topological polar surface area (TPSA) is 61.9 Å².